The third-order valence-corrected chi connectivity index (χ3v) is 6.91. The molecule has 0 spiro atoms. The Morgan fingerprint density at radius 2 is 1.92 bits per heavy atom. The predicted octanol–water partition coefficient (Wildman–Crippen LogP) is 0.575. The van der Waals surface area contributed by atoms with Crippen molar-refractivity contribution in [3.8, 4) is 0 Å². The molecule has 0 bridgehead atoms. The highest BCUT2D eigenvalue weighted by Gasteiger charge is 2.27. The first-order chi connectivity index (χ1) is 11.4. The molecule has 1 fully saturated rings. The van der Waals surface area contributed by atoms with Gasteiger partial charge >= 0.3 is 0 Å². The van der Waals surface area contributed by atoms with Gasteiger partial charge in [-0.2, -0.15) is 8.82 Å². The molecule has 10 heteroatoms. The number of piperazine rings is 1. The molecule has 0 unspecified atom stereocenters. The summed E-state index contributed by atoms with van der Waals surface area (Å²) >= 11 is 1.37. The molecule has 132 valence electrons. The topological polar surface area (TPSA) is 87.9 Å². The van der Waals surface area contributed by atoms with Crippen LogP contribution in [0.1, 0.15) is 26.0 Å². The quantitative estimate of drug-likeness (QED) is 0.764. The fourth-order valence-corrected chi connectivity index (χ4v) is 4.76. The lowest BCUT2D eigenvalue weighted by atomic mass is 10.2. The molecule has 0 aliphatic carbocycles. The van der Waals surface area contributed by atoms with Crippen LogP contribution < -0.4 is 10.5 Å². The Morgan fingerprint density at radius 1 is 1.21 bits per heavy atom. The normalized spacial score (nSPS) is 16.8. The van der Waals surface area contributed by atoms with E-state index in [4.69, 9.17) is 0 Å². The highest BCUT2D eigenvalue weighted by molar-refractivity contribution is 7.89. The first-order valence-corrected chi connectivity index (χ1v) is 10.5. The summed E-state index contributed by atoms with van der Waals surface area (Å²) in [5, 5.41) is 5.07. The second kappa shape index (κ2) is 6.77. The molecule has 24 heavy (non-hydrogen) atoms. The van der Waals surface area contributed by atoms with E-state index in [1.807, 2.05) is 11.8 Å². The second-order valence-corrected chi connectivity index (χ2v) is 8.89. The van der Waals surface area contributed by atoms with Crippen LogP contribution in [0.15, 0.2) is 10.9 Å². The number of nitrogens with zero attached hydrogens (tertiary/aromatic N) is 5. The molecule has 0 amide bonds. The van der Waals surface area contributed by atoms with Gasteiger partial charge in [0.25, 0.3) is 5.56 Å². The summed E-state index contributed by atoms with van der Waals surface area (Å²) in [4.78, 5) is 19.3. The summed E-state index contributed by atoms with van der Waals surface area (Å²) in [5.41, 5.74) is 0.620. The van der Waals surface area contributed by atoms with E-state index in [1.165, 1.54) is 26.2 Å². The van der Waals surface area contributed by atoms with E-state index in [2.05, 4.69) is 10.1 Å². The van der Waals surface area contributed by atoms with E-state index in [-0.39, 0.29) is 11.3 Å². The van der Waals surface area contributed by atoms with Gasteiger partial charge in [-0.3, -0.25) is 4.79 Å². The zero-order chi connectivity index (χ0) is 17.3. The predicted molar refractivity (Wildman–Crippen MR) is 94.4 cm³/mol. The Morgan fingerprint density at radius 3 is 2.54 bits per heavy atom. The average molecular weight is 371 g/mol. The standard InChI is InChI=1S/C14H21N5O3S2/c1-3-5-11-10-12(20)19-13(15-11)23-14(16-19)17-6-8-18(9-7-17)24(21,22)4-2/h10H,3-9H2,1-2H3. The van der Waals surface area contributed by atoms with Crippen molar-refractivity contribution in [1.82, 2.24) is 18.9 Å². The third kappa shape index (κ3) is 3.31. The summed E-state index contributed by atoms with van der Waals surface area (Å²) in [6.07, 6.45) is 1.70. The molecular formula is C14H21N5O3S2. The van der Waals surface area contributed by atoms with E-state index in [9.17, 15) is 13.2 Å². The number of fused-ring (bicyclic) bond motifs is 1. The fraction of sp³-hybridized carbons (Fsp3) is 0.643. The molecule has 0 atom stereocenters. The van der Waals surface area contributed by atoms with Crippen LogP contribution in [0, 0.1) is 0 Å². The minimum atomic E-state index is -3.15. The van der Waals surface area contributed by atoms with Gasteiger partial charge in [-0.05, 0) is 13.3 Å². The highest BCUT2D eigenvalue weighted by atomic mass is 32.2. The van der Waals surface area contributed by atoms with Gasteiger partial charge < -0.3 is 4.90 Å². The lowest BCUT2D eigenvalue weighted by molar-refractivity contribution is 0.385. The van der Waals surface area contributed by atoms with Crippen molar-refractivity contribution >= 4 is 31.5 Å². The monoisotopic (exact) mass is 371 g/mol. The number of anilines is 1. The number of aryl methyl sites for hydroxylation is 1. The first-order valence-electron chi connectivity index (χ1n) is 8.07. The molecule has 1 saturated heterocycles. The van der Waals surface area contributed by atoms with Crippen LogP contribution in [0.2, 0.25) is 0 Å². The summed E-state index contributed by atoms with van der Waals surface area (Å²) in [7, 11) is -3.15. The van der Waals surface area contributed by atoms with Crippen molar-refractivity contribution in [3.05, 3.63) is 22.1 Å². The van der Waals surface area contributed by atoms with Crippen molar-refractivity contribution in [1.29, 1.82) is 0 Å². The number of rotatable bonds is 5. The van der Waals surface area contributed by atoms with Crippen LogP contribution in [0.4, 0.5) is 5.13 Å². The Bertz CT molecular complexity index is 881. The largest absolute Gasteiger partial charge is 0.344 e. The van der Waals surface area contributed by atoms with E-state index in [0.717, 1.165) is 18.5 Å². The van der Waals surface area contributed by atoms with Gasteiger partial charge in [0.05, 0.1) is 5.75 Å². The summed E-state index contributed by atoms with van der Waals surface area (Å²) in [6.45, 7) is 5.71. The Kier molecular flexibility index (Phi) is 4.88. The maximum Gasteiger partial charge on any atom is 0.275 e. The first kappa shape index (κ1) is 17.3. The molecule has 2 aromatic heterocycles. The number of sulfonamides is 1. The Hall–Kier alpha value is -1.52. The smallest absolute Gasteiger partial charge is 0.275 e. The summed E-state index contributed by atoms with van der Waals surface area (Å²) in [6, 6.07) is 1.53. The third-order valence-electron chi connectivity index (χ3n) is 4.06. The van der Waals surface area contributed by atoms with Crippen molar-refractivity contribution in [2.45, 2.75) is 26.7 Å². The van der Waals surface area contributed by atoms with E-state index < -0.39 is 10.0 Å². The minimum Gasteiger partial charge on any atom is -0.344 e. The van der Waals surface area contributed by atoms with E-state index in [1.54, 1.807) is 6.92 Å². The molecule has 3 rings (SSSR count). The maximum atomic E-state index is 12.2. The van der Waals surface area contributed by atoms with E-state index >= 15 is 0 Å². The van der Waals surface area contributed by atoms with Crippen molar-refractivity contribution < 1.29 is 8.42 Å². The average Bonchev–Trinajstić information content (AvgIpc) is 3.00. The molecule has 8 nitrogen and oxygen atoms in total. The van der Waals surface area contributed by atoms with E-state index in [0.29, 0.717) is 36.3 Å². The minimum absolute atomic E-state index is 0.119. The van der Waals surface area contributed by atoms with Crippen molar-refractivity contribution in [2.75, 3.05) is 36.8 Å². The van der Waals surface area contributed by atoms with Crippen LogP contribution >= 0.6 is 11.3 Å². The van der Waals surface area contributed by atoms with Crippen LogP contribution in [-0.2, 0) is 16.4 Å². The van der Waals surface area contributed by atoms with Crippen LogP contribution in [0.25, 0.3) is 4.96 Å². The molecule has 3 heterocycles. The number of aromatic nitrogens is 3. The highest BCUT2D eigenvalue weighted by Crippen LogP contribution is 2.23. The molecule has 0 aromatic carbocycles. The second-order valence-electron chi connectivity index (χ2n) is 5.70. The van der Waals surface area contributed by atoms with Crippen molar-refractivity contribution in [3.63, 3.8) is 0 Å². The SMILES string of the molecule is CCCc1cc(=O)n2nc(N3CCN(S(=O)(=O)CC)CC3)sc2n1. The van der Waals surface area contributed by atoms with Gasteiger partial charge in [0.1, 0.15) is 0 Å². The molecule has 0 N–H and O–H groups in total. The molecule has 0 saturated carbocycles. The molecular weight excluding hydrogens is 350 g/mol. The van der Waals surface area contributed by atoms with Gasteiger partial charge in [-0.15, -0.1) is 5.10 Å². The van der Waals surface area contributed by atoms with Crippen LogP contribution in [0.5, 0.6) is 0 Å². The number of hydrogen-bond donors (Lipinski definition) is 0. The fourth-order valence-electron chi connectivity index (χ4n) is 2.70. The molecule has 2 aromatic rings. The lowest BCUT2D eigenvalue weighted by Crippen LogP contribution is -2.49. The molecule has 1 aliphatic rings. The Labute approximate surface area is 144 Å². The van der Waals surface area contributed by atoms with Gasteiger partial charge in [-0.1, -0.05) is 24.7 Å². The zero-order valence-corrected chi connectivity index (χ0v) is 15.4. The van der Waals surface area contributed by atoms with Gasteiger partial charge in [0.2, 0.25) is 20.1 Å². The van der Waals surface area contributed by atoms with Gasteiger partial charge in [0.15, 0.2) is 0 Å². The van der Waals surface area contributed by atoms with Gasteiger partial charge in [0, 0.05) is 37.9 Å². The Balaban J connectivity index is 1.81. The van der Waals surface area contributed by atoms with Crippen LogP contribution in [0.3, 0.4) is 0 Å². The molecule has 1 aliphatic heterocycles. The number of hydrogen-bond acceptors (Lipinski definition) is 7. The summed E-state index contributed by atoms with van der Waals surface area (Å²) in [5.74, 6) is 0.119. The maximum absolute atomic E-state index is 12.2. The van der Waals surface area contributed by atoms with Gasteiger partial charge in [-0.25, -0.2) is 13.4 Å². The summed E-state index contributed by atoms with van der Waals surface area (Å²) < 4.78 is 26.7. The zero-order valence-electron chi connectivity index (χ0n) is 13.8. The molecule has 0 radical (unpaired) electrons. The van der Waals surface area contributed by atoms with Crippen LogP contribution in [-0.4, -0.2) is 59.3 Å². The van der Waals surface area contributed by atoms with Crippen molar-refractivity contribution in [2.24, 2.45) is 0 Å². The lowest BCUT2D eigenvalue weighted by Gasteiger charge is -2.33.